The van der Waals surface area contributed by atoms with Crippen molar-refractivity contribution in [3.05, 3.63) is 50.9 Å². The van der Waals surface area contributed by atoms with E-state index in [2.05, 4.69) is 21.0 Å². The van der Waals surface area contributed by atoms with E-state index in [9.17, 15) is 9.90 Å². The maximum absolute atomic E-state index is 11.8. The minimum absolute atomic E-state index is 0.0554. The van der Waals surface area contributed by atoms with Crippen LogP contribution in [0, 0.1) is 11.3 Å². The van der Waals surface area contributed by atoms with E-state index in [0.717, 1.165) is 15.2 Å². The molecular formula is C12H8BrN3O2. The van der Waals surface area contributed by atoms with Crippen molar-refractivity contribution in [1.29, 1.82) is 5.26 Å². The molecule has 0 amide bonds. The van der Waals surface area contributed by atoms with Crippen LogP contribution in [0.25, 0.3) is 5.69 Å². The number of nitriles is 1. The van der Waals surface area contributed by atoms with Crippen LogP contribution in [0.1, 0.15) is 5.69 Å². The van der Waals surface area contributed by atoms with E-state index >= 15 is 0 Å². The molecule has 6 heteroatoms. The summed E-state index contributed by atoms with van der Waals surface area (Å²) in [4.78, 5) is 11.8. The number of benzene rings is 1. The normalized spacial score (nSPS) is 10.0. The first kappa shape index (κ1) is 12.3. The van der Waals surface area contributed by atoms with Gasteiger partial charge in [-0.1, -0.05) is 22.0 Å². The van der Waals surface area contributed by atoms with Gasteiger partial charge in [-0.25, -0.2) is 0 Å². The Kier molecular flexibility index (Phi) is 3.44. The molecule has 0 aliphatic heterocycles. The first-order valence-corrected chi connectivity index (χ1v) is 5.86. The molecule has 1 heterocycles. The van der Waals surface area contributed by atoms with Crippen LogP contribution in [-0.2, 0) is 6.42 Å². The molecule has 1 N–H and O–H groups in total. The summed E-state index contributed by atoms with van der Waals surface area (Å²) in [6, 6.07) is 9.97. The van der Waals surface area contributed by atoms with Crippen LogP contribution in [0.5, 0.6) is 5.75 Å². The van der Waals surface area contributed by atoms with Crippen molar-refractivity contribution in [3.63, 3.8) is 0 Å². The molecule has 0 unspecified atom stereocenters. The van der Waals surface area contributed by atoms with Gasteiger partial charge in [-0.05, 0) is 18.2 Å². The van der Waals surface area contributed by atoms with E-state index in [1.807, 2.05) is 12.1 Å². The number of halogens is 1. The second-order valence-electron chi connectivity index (χ2n) is 3.54. The first-order chi connectivity index (χ1) is 8.61. The molecule has 0 aliphatic rings. The smallest absolute Gasteiger partial charge is 0.275 e. The fourth-order valence-corrected chi connectivity index (χ4v) is 1.86. The molecule has 18 heavy (non-hydrogen) atoms. The average Bonchev–Trinajstić information content (AvgIpc) is 2.33. The van der Waals surface area contributed by atoms with Gasteiger partial charge >= 0.3 is 0 Å². The SMILES string of the molecule is N#CCc1nn(-c2cccc(Br)c2)c(=O)cc1O. The molecule has 2 rings (SSSR count). The summed E-state index contributed by atoms with van der Waals surface area (Å²) in [5, 5.41) is 22.1. The van der Waals surface area contributed by atoms with Crippen molar-refractivity contribution in [2.45, 2.75) is 6.42 Å². The largest absolute Gasteiger partial charge is 0.506 e. The summed E-state index contributed by atoms with van der Waals surface area (Å²) in [5.74, 6) is -0.257. The van der Waals surface area contributed by atoms with Gasteiger partial charge in [0.2, 0.25) is 0 Å². The lowest BCUT2D eigenvalue weighted by Gasteiger charge is -2.07. The minimum Gasteiger partial charge on any atom is -0.506 e. The molecule has 0 aliphatic carbocycles. The van der Waals surface area contributed by atoms with Gasteiger partial charge in [-0.2, -0.15) is 15.0 Å². The Labute approximate surface area is 111 Å². The average molecular weight is 306 g/mol. The zero-order valence-corrected chi connectivity index (χ0v) is 10.8. The first-order valence-electron chi connectivity index (χ1n) is 5.07. The van der Waals surface area contributed by atoms with Crippen molar-refractivity contribution in [1.82, 2.24) is 9.78 Å². The fourth-order valence-electron chi connectivity index (χ4n) is 1.48. The maximum atomic E-state index is 11.8. The second kappa shape index (κ2) is 5.02. The summed E-state index contributed by atoms with van der Waals surface area (Å²) in [7, 11) is 0. The van der Waals surface area contributed by atoms with E-state index in [-0.39, 0.29) is 17.9 Å². The van der Waals surface area contributed by atoms with Crippen molar-refractivity contribution >= 4 is 15.9 Å². The predicted molar refractivity (Wildman–Crippen MR) is 68.5 cm³/mol. The molecule has 0 fully saturated rings. The zero-order valence-electron chi connectivity index (χ0n) is 9.17. The lowest BCUT2D eigenvalue weighted by molar-refractivity contribution is 0.459. The molecule has 1 aromatic heterocycles. The number of hydrogen-bond donors (Lipinski definition) is 1. The van der Waals surface area contributed by atoms with E-state index in [0.29, 0.717) is 5.69 Å². The minimum atomic E-state index is -0.452. The monoisotopic (exact) mass is 305 g/mol. The van der Waals surface area contributed by atoms with Gasteiger partial charge in [-0.15, -0.1) is 0 Å². The van der Waals surface area contributed by atoms with E-state index in [4.69, 9.17) is 5.26 Å². The highest BCUT2D eigenvalue weighted by molar-refractivity contribution is 9.10. The molecule has 1 aromatic carbocycles. The van der Waals surface area contributed by atoms with Crippen LogP contribution >= 0.6 is 15.9 Å². The second-order valence-corrected chi connectivity index (χ2v) is 4.46. The Hall–Kier alpha value is -2.13. The number of aromatic nitrogens is 2. The molecule has 90 valence electrons. The van der Waals surface area contributed by atoms with Crippen molar-refractivity contribution in [3.8, 4) is 17.5 Å². The Morgan fingerprint density at radius 3 is 2.89 bits per heavy atom. The Balaban J connectivity index is 2.61. The summed E-state index contributed by atoms with van der Waals surface area (Å²) >= 11 is 3.30. The van der Waals surface area contributed by atoms with Gasteiger partial charge in [0, 0.05) is 10.5 Å². The topological polar surface area (TPSA) is 78.9 Å². The van der Waals surface area contributed by atoms with Crippen LogP contribution in [0.2, 0.25) is 0 Å². The Morgan fingerprint density at radius 1 is 1.44 bits per heavy atom. The van der Waals surface area contributed by atoms with Crippen LogP contribution in [0.3, 0.4) is 0 Å². The summed E-state index contributed by atoms with van der Waals surface area (Å²) in [6.07, 6.45) is -0.0554. The van der Waals surface area contributed by atoms with Crippen LogP contribution in [-0.4, -0.2) is 14.9 Å². The van der Waals surface area contributed by atoms with Crippen LogP contribution < -0.4 is 5.56 Å². The van der Waals surface area contributed by atoms with Crippen LogP contribution in [0.15, 0.2) is 39.6 Å². The predicted octanol–water partition coefficient (Wildman–Crippen LogP) is 1.77. The van der Waals surface area contributed by atoms with Crippen molar-refractivity contribution in [2.24, 2.45) is 0 Å². The molecular weight excluding hydrogens is 298 g/mol. The Bertz CT molecular complexity index is 688. The highest BCUT2D eigenvalue weighted by Crippen LogP contribution is 2.16. The molecule has 0 bridgehead atoms. The summed E-state index contributed by atoms with van der Waals surface area (Å²) in [6.45, 7) is 0. The van der Waals surface area contributed by atoms with Gasteiger partial charge in [0.1, 0.15) is 11.4 Å². The molecule has 0 atom stereocenters. The standard InChI is InChI=1S/C12H8BrN3O2/c13-8-2-1-3-9(6-8)16-12(18)7-11(17)10(15-16)4-5-14/h1-3,6-7,17H,4H2. The van der Waals surface area contributed by atoms with Crippen molar-refractivity contribution in [2.75, 3.05) is 0 Å². The number of aromatic hydroxyl groups is 1. The fraction of sp³-hybridized carbons (Fsp3) is 0.0833. The summed E-state index contributed by atoms with van der Waals surface area (Å²) in [5.41, 5.74) is 0.290. The van der Waals surface area contributed by atoms with Gasteiger partial charge in [0.15, 0.2) is 0 Å². The highest BCUT2D eigenvalue weighted by atomic mass is 79.9. The third kappa shape index (κ3) is 2.41. The molecule has 2 aromatic rings. The van der Waals surface area contributed by atoms with Gasteiger partial charge in [0.05, 0.1) is 18.2 Å². The highest BCUT2D eigenvalue weighted by Gasteiger charge is 2.09. The number of rotatable bonds is 2. The van der Waals surface area contributed by atoms with E-state index < -0.39 is 5.56 Å². The van der Waals surface area contributed by atoms with E-state index in [1.54, 1.807) is 18.2 Å². The number of nitrogens with zero attached hydrogens (tertiary/aromatic N) is 3. The molecule has 5 nitrogen and oxygen atoms in total. The van der Waals surface area contributed by atoms with Gasteiger partial charge in [-0.3, -0.25) is 4.79 Å². The lowest BCUT2D eigenvalue weighted by Crippen LogP contribution is -2.21. The molecule has 0 saturated carbocycles. The lowest BCUT2D eigenvalue weighted by atomic mass is 10.3. The van der Waals surface area contributed by atoms with Crippen LogP contribution in [0.4, 0.5) is 0 Å². The van der Waals surface area contributed by atoms with Gasteiger partial charge < -0.3 is 5.11 Å². The van der Waals surface area contributed by atoms with E-state index in [1.165, 1.54) is 0 Å². The Morgan fingerprint density at radius 2 is 2.22 bits per heavy atom. The molecule has 0 spiro atoms. The third-order valence-corrected chi connectivity index (χ3v) is 2.78. The maximum Gasteiger partial charge on any atom is 0.275 e. The van der Waals surface area contributed by atoms with Crippen molar-refractivity contribution < 1.29 is 5.11 Å². The molecule has 0 radical (unpaired) electrons. The van der Waals surface area contributed by atoms with Gasteiger partial charge in [0.25, 0.3) is 5.56 Å². The quantitative estimate of drug-likeness (QED) is 0.917. The summed E-state index contributed by atoms with van der Waals surface area (Å²) < 4.78 is 1.96. The zero-order chi connectivity index (χ0) is 13.1. The number of hydrogen-bond acceptors (Lipinski definition) is 4. The third-order valence-electron chi connectivity index (χ3n) is 2.28. The molecule has 0 saturated heterocycles.